The molecule has 2 aromatic heterocycles. The smallest absolute Gasteiger partial charge is 0.247 e. The highest BCUT2D eigenvalue weighted by molar-refractivity contribution is 7.98. The van der Waals surface area contributed by atoms with Crippen molar-refractivity contribution in [3.8, 4) is 17.1 Å². The van der Waals surface area contributed by atoms with Crippen LogP contribution in [0.15, 0.2) is 76.6 Å². The van der Waals surface area contributed by atoms with E-state index in [9.17, 15) is 0 Å². The molecule has 7 heteroatoms. The second-order valence-corrected chi connectivity index (χ2v) is 6.59. The number of imidazole rings is 1. The van der Waals surface area contributed by atoms with Crippen LogP contribution in [0.2, 0.25) is 5.02 Å². The standard InChI is InChI=1S/C18H13ClN4OS/c19-14-7-4-8-15(11-14)23-10-9-20-18(23)25-12-16-21-22-17(24-16)13-5-2-1-3-6-13/h1-11H,12H2. The van der Waals surface area contributed by atoms with Gasteiger partial charge in [-0.3, -0.25) is 4.57 Å². The Morgan fingerprint density at radius 1 is 1.04 bits per heavy atom. The Morgan fingerprint density at radius 2 is 1.92 bits per heavy atom. The molecule has 0 saturated heterocycles. The molecule has 0 aliphatic rings. The number of halogens is 1. The molecule has 0 aliphatic carbocycles. The van der Waals surface area contributed by atoms with Gasteiger partial charge in [-0.05, 0) is 30.3 Å². The first-order valence-electron chi connectivity index (χ1n) is 7.59. The van der Waals surface area contributed by atoms with Crippen molar-refractivity contribution in [1.82, 2.24) is 19.7 Å². The monoisotopic (exact) mass is 368 g/mol. The predicted octanol–water partition coefficient (Wildman–Crippen LogP) is 4.87. The summed E-state index contributed by atoms with van der Waals surface area (Å²) in [6, 6.07) is 17.4. The number of hydrogen-bond acceptors (Lipinski definition) is 5. The van der Waals surface area contributed by atoms with Crippen molar-refractivity contribution in [3.05, 3.63) is 77.9 Å². The van der Waals surface area contributed by atoms with E-state index in [1.54, 1.807) is 6.20 Å². The highest BCUT2D eigenvalue weighted by Crippen LogP contribution is 2.26. The Morgan fingerprint density at radius 3 is 2.76 bits per heavy atom. The highest BCUT2D eigenvalue weighted by atomic mass is 35.5. The first-order valence-corrected chi connectivity index (χ1v) is 8.96. The lowest BCUT2D eigenvalue weighted by molar-refractivity contribution is 0.528. The minimum atomic E-state index is 0.523. The van der Waals surface area contributed by atoms with Crippen molar-refractivity contribution >= 4 is 23.4 Å². The van der Waals surface area contributed by atoms with Gasteiger partial charge in [-0.15, -0.1) is 10.2 Å². The van der Waals surface area contributed by atoms with Crippen molar-refractivity contribution in [2.75, 3.05) is 0 Å². The molecule has 0 fully saturated rings. The van der Waals surface area contributed by atoms with Crippen molar-refractivity contribution in [1.29, 1.82) is 0 Å². The maximum atomic E-state index is 6.07. The topological polar surface area (TPSA) is 56.7 Å². The van der Waals surface area contributed by atoms with Crippen LogP contribution in [0.4, 0.5) is 0 Å². The molecule has 0 atom stereocenters. The summed E-state index contributed by atoms with van der Waals surface area (Å²) in [4.78, 5) is 4.40. The van der Waals surface area contributed by atoms with E-state index in [-0.39, 0.29) is 0 Å². The van der Waals surface area contributed by atoms with Gasteiger partial charge in [-0.2, -0.15) is 0 Å². The Hall–Kier alpha value is -2.57. The first kappa shape index (κ1) is 15.9. The van der Waals surface area contributed by atoms with Gasteiger partial charge >= 0.3 is 0 Å². The molecular weight excluding hydrogens is 356 g/mol. The number of thioether (sulfide) groups is 1. The van der Waals surface area contributed by atoms with E-state index in [0.29, 0.717) is 22.6 Å². The molecule has 0 aliphatic heterocycles. The zero-order chi connectivity index (χ0) is 17.1. The lowest BCUT2D eigenvalue weighted by atomic mass is 10.2. The second kappa shape index (κ2) is 7.13. The van der Waals surface area contributed by atoms with E-state index in [1.165, 1.54) is 11.8 Å². The Bertz CT molecular complexity index is 983. The van der Waals surface area contributed by atoms with Crippen LogP contribution in [0.3, 0.4) is 0 Å². The lowest BCUT2D eigenvalue weighted by Crippen LogP contribution is -1.95. The average Bonchev–Trinajstić information content (AvgIpc) is 3.30. The molecule has 4 aromatic rings. The van der Waals surface area contributed by atoms with Crippen molar-refractivity contribution < 1.29 is 4.42 Å². The number of nitrogens with zero attached hydrogens (tertiary/aromatic N) is 4. The summed E-state index contributed by atoms with van der Waals surface area (Å²) in [5.41, 5.74) is 1.87. The summed E-state index contributed by atoms with van der Waals surface area (Å²) in [5, 5.41) is 9.74. The third kappa shape index (κ3) is 3.60. The molecule has 124 valence electrons. The fourth-order valence-corrected chi connectivity index (χ4v) is 3.35. The van der Waals surface area contributed by atoms with E-state index in [4.69, 9.17) is 16.0 Å². The van der Waals surface area contributed by atoms with Crippen LogP contribution in [0.25, 0.3) is 17.1 Å². The Labute approximate surface area is 153 Å². The molecule has 0 saturated carbocycles. The van der Waals surface area contributed by atoms with Gasteiger partial charge < -0.3 is 4.42 Å². The average molecular weight is 369 g/mol. The van der Waals surface area contributed by atoms with Gasteiger partial charge in [0.2, 0.25) is 11.8 Å². The quantitative estimate of drug-likeness (QED) is 0.470. The van der Waals surface area contributed by atoms with Crippen LogP contribution in [0.1, 0.15) is 5.89 Å². The number of benzene rings is 2. The SMILES string of the molecule is Clc1cccc(-n2ccnc2SCc2nnc(-c3ccccc3)o2)c1. The summed E-state index contributed by atoms with van der Waals surface area (Å²) >= 11 is 7.60. The fourth-order valence-electron chi connectivity index (χ4n) is 2.35. The molecule has 2 aromatic carbocycles. The summed E-state index contributed by atoms with van der Waals surface area (Å²) in [6.45, 7) is 0. The van der Waals surface area contributed by atoms with Crippen LogP contribution in [0.5, 0.6) is 0 Å². The first-order chi connectivity index (χ1) is 12.3. The highest BCUT2D eigenvalue weighted by Gasteiger charge is 2.11. The molecule has 0 N–H and O–H groups in total. The van der Waals surface area contributed by atoms with E-state index in [0.717, 1.165) is 16.4 Å². The molecule has 0 unspecified atom stereocenters. The minimum Gasteiger partial charge on any atom is -0.420 e. The number of rotatable bonds is 5. The number of aromatic nitrogens is 4. The molecular formula is C18H13ClN4OS. The molecule has 0 bridgehead atoms. The van der Waals surface area contributed by atoms with Crippen LogP contribution in [-0.4, -0.2) is 19.7 Å². The van der Waals surface area contributed by atoms with Gasteiger partial charge in [0.15, 0.2) is 5.16 Å². The van der Waals surface area contributed by atoms with E-state index >= 15 is 0 Å². The summed E-state index contributed by atoms with van der Waals surface area (Å²) < 4.78 is 7.71. The minimum absolute atomic E-state index is 0.523. The maximum absolute atomic E-state index is 6.07. The zero-order valence-electron chi connectivity index (χ0n) is 13.0. The maximum Gasteiger partial charge on any atom is 0.247 e. The Kier molecular flexibility index (Phi) is 4.54. The summed E-state index contributed by atoms with van der Waals surface area (Å²) in [7, 11) is 0. The summed E-state index contributed by atoms with van der Waals surface area (Å²) in [6.07, 6.45) is 3.66. The van der Waals surface area contributed by atoms with Crippen molar-refractivity contribution in [2.45, 2.75) is 10.9 Å². The van der Waals surface area contributed by atoms with Gasteiger partial charge in [-0.25, -0.2) is 4.98 Å². The molecule has 4 rings (SSSR count). The van der Waals surface area contributed by atoms with Gasteiger partial charge in [0.05, 0.1) is 5.75 Å². The van der Waals surface area contributed by atoms with E-state index in [2.05, 4.69) is 15.2 Å². The van der Waals surface area contributed by atoms with E-state index in [1.807, 2.05) is 65.4 Å². The molecule has 0 radical (unpaired) electrons. The largest absolute Gasteiger partial charge is 0.420 e. The summed E-state index contributed by atoms with van der Waals surface area (Å²) in [5.74, 6) is 1.62. The third-order valence-electron chi connectivity index (χ3n) is 3.51. The zero-order valence-corrected chi connectivity index (χ0v) is 14.6. The predicted molar refractivity (Wildman–Crippen MR) is 97.9 cm³/mol. The van der Waals surface area contributed by atoms with Gasteiger partial charge in [0.1, 0.15) is 0 Å². The molecule has 2 heterocycles. The van der Waals surface area contributed by atoms with Gasteiger partial charge in [-0.1, -0.05) is 47.6 Å². The normalized spacial score (nSPS) is 10.9. The fraction of sp³-hybridized carbons (Fsp3) is 0.0556. The van der Waals surface area contributed by atoms with Crippen LogP contribution in [-0.2, 0) is 5.75 Å². The molecule has 25 heavy (non-hydrogen) atoms. The number of hydrogen-bond donors (Lipinski definition) is 0. The van der Waals surface area contributed by atoms with Gasteiger partial charge in [0.25, 0.3) is 0 Å². The van der Waals surface area contributed by atoms with Crippen LogP contribution < -0.4 is 0 Å². The van der Waals surface area contributed by atoms with E-state index < -0.39 is 0 Å². The molecule has 5 nitrogen and oxygen atoms in total. The molecule has 0 amide bonds. The van der Waals surface area contributed by atoms with Crippen LogP contribution >= 0.6 is 23.4 Å². The second-order valence-electron chi connectivity index (χ2n) is 5.22. The molecule has 0 spiro atoms. The lowest BCUT2D eigenvalue weighted by Gasteiger charge is -2.06. The van der Waals surface area contributed by atoms with Crippen molar-refractivity contribution in [3.63, 3.8) is 0 Å². The van der Waals surface area contributed by atoms with Crippen molar-refractivity contribution in [2.24, 2.45) is 0 Å². The third-order valence-corrected chi connectivity index (χ3v) is 4.69. The van der Waals surface area contributed by atoms with Gasteiger partial charge in [0, 0.05) is 28.7 Å². The van der Waals surface area contributed by atoms with Crippen LogP contribution in [0, 0.1) is 0 Å². The Balaban J connectivity index is 1.50.